The molecule has 0 saturated carbocycles. The van der Waals surface area contributed by atoms with Gasteiger partial charge in [0.2, 0.25) is 0 Å². The molecule has 0 aliphatic carbocycles. The molecule has 0 fully saturated rings. The van der Waals surface area contributed by atoms with Crippen LogP contribution in [0.25, 0.3) is 11.3 Å². The number of pyridine rings is 1. The number of rotatable bonds is 4. The molecule has 2 aromatic carbocycles. The normalized spacial score (nSPS) is 12.7. The van der Waals surface area contributed by atoms with Crippen molar-refractivity contribution in [2.24, 2.45) is 0 Å². The third-order valence-electron chi connectivity index (χ3n) is 4.67. The molecule has 1 amide bonds. The lowest BCUT2D eigenvalue weighted by atomic mass is 9.99. The number of carbonyl (C=O) groups excluding carboxylic acids is 1. The highest BCUT2D eigenvalue weighted by Gasteiger charge is 2.14. The third-order valence-corrected chi connectivity index (χ3v) is 4.67. The Hall–Kier alpha value is -3.34. The van der Waals surface area contributed by atoms with Crippen molar-refractivity contribution in [3.63, 3.8) is 0 Å². The zero-order valence-electron chi connectivity index (χ0n) is 15.9. The van der Waals surface area contributed by atoms with Crippen molar-refractivity contribution >= 4 is 11.6 Å². The van der Waals surface area contributed by atoms with Gasteiger partial charge in [-0.05, 0) is 41.8 Å². The average molecular weight is 374 g/mol. The minimum atomic E-state index is -0.216. The number of nitrogens with one attached hydrogen (secondary N) is 1. The van der Waals surface area contributed by atoms with E-state index in [1.807, 2.05) is 18.2 Å². The number of aromatic nitrogens is 1. The van der Waals surface area contributed by atoms with Gasteiger partial charge in [-0.1, -0.05) is 32.0 Å². The van der Waals surface area contributed by atoms with Crippen LogP contribution in [-0.4, -0.2) is 24.1 Å². The minimum Gasteiger partial charge on any atom is -0.486 e. The first-order chi connectivity index (χ1) is 13.6. The van der Waals surface area contributed by atoms with Gasteiger partial charge in [0, 0.05) is 23.5 Å². The maximum absolute atomic E-state index is 12.6. The standard InChI is InChI=1S/C23H22N2O3/c1-15(2)16-4-3-5-17(12-16)20-8-6-18(14-24-20)23(26)25-19-7-9-21-22(13-19)28-11-10-27-21/h3-9,12-15H,10-11H2,1-2H3,(H,25,26). The van der Waals surface area contributed by atoms with Crippen molar-refractivity contribution in [1.82, 2.24) is 4.98 Å². The van der Waals surface area contributed by atoms with Crippen LogP contribution in [0, 0.1) is 0 Å². The van der Waals surface area contributed by atoms with Gasteiger partial charge < -0.3 is 14.8 Å². The fraction of sp³-hybridized carbons (Fsp3) is 0.217. The van der Waals surface area contributed by atoms with Crippen molar-refractivity contribution in [2.75, 3.05) is 18.5 Å². The smallest absolute Gasteiger partial charge is 0.257 e. The highest BCUT2D eigenvalue weighted by molar-refractivity contribution is 6.04. The molecule has 28 heavy (non-hydrogen) atoms. The Morgan fingerprint density at radius 2 is 1.82 bits per heavy atom. The number of anilines is 1. The SMILES string of the molecule is CC(C)c1cccc(-c2ccc(C(=O)Nc3ccc4c(c3)OCCO4)cn2)c1. The predicted molar refractivity (Wildman–Crippen MR) is 109 cm³/mol. The fourth-order valence-electron chi connectivity index (χ4n) is 3.08. The van der Waals surface area contributed by atoms with Crippen molar-refractivity contribution in [3.8, 4) is 22.8 Å². The third kappa shape index (κ3) is 3.83. The number of carbonyl (C=O) groups is 1. The predicted octanol–water partition coefficient (Wildman–Crippen LogP) is 4.90. The molecule has 4 rings (SSSR count). The van der Waals surface area contributed by atoms with Gasteiger partial charge in [-0.15, -0.1) is 0 Å². The molecule has 0 atom stereocenters. The molecule has 2 heterocycles. The van der Waals surface area contributed by atoms with Gasteiger partial charge in [0.1, 0.15) is 13.2 Å². The van der Waals surface area contributed by atoms with Crippen LogP contribution in [0.2, 0.25) is 0 Å². The summed E-state index contributed by atoms with van der Waals surface area (Å²) in [5.41, 5.74) is 4.31. The second-order valence-electron chi connectivity index (χ2n) is 7.02. The quantitative estimate of drug-likeness (QED) is 0.706. The van der Waals surface area contributed by atoms with Gasteiger partial charge in [0.15, 0.2) is 11.5 Å². The molecular weight excluding hydrogens is 352 g/mol. The molecule has 1 N–H and O–H groups in total. The summed E-state index contributed by atoms with van der Waals surface area (Å²) in [7, 11) is 0. The number of fused-ring (bicyclic) bond motifs is 1. The summed E-state index contributed by atoms with van der Waals surface area (Å²) in [6.07, 6.45) is 1.60. The zero-order chi connectivity index (χ0) is 19.5. The molecule has 0 saturated heterocycles. The maximum atomic E-state index is 12.6. The Balaban J connectivity index is 1.49. The summed E-state index contributed by atoms with van der Waals surface area (Å²) >= 11 is 0. The fourth-order valence-corrected chi connectivity index (χ4v) is 3.08. The minimum absolute atomic E-state index is 0.216. The summed E-state index contributed by atoms with van der Waals surface area (Å²) in [5, 5.41) is 2.88. The molecule has 0 spiro atoms. The van der Waals surface area contributed by atoms with Crippen molar-refractivity contribution in [3.05, 3.63) is 71.9 Å². The van der Waals surface area contributed by atoms with E-state index in [2.05, 4.69) is 36.3 Å². The van der Waals surface area contributed by atoms with Gasteiger partial charge in [-0.2, -0.15) is 0 Å². The largest absolute Gasteiger partial charge is 0.486 e. The van der Waals surface area contributed by atoms with E-state index in [-0.39, 0.29) is 5.91 Å². The lowest BCUT2D eigenvalue weighted by Crippen LogP contribution is -2.16. The van der Waals surface area contributed by atoms with E-state index in [0.29, 0.717) is 41.9 Å². The van der Waals surface area contributed by atoms with Crippen LogP contribution in [0.5, 0.6) is 11.5 Å². The van der Waals surface area contributed by atoms with E-state index in [9.17, 15) is 4.79 Å². The number of ether oxygens (including phenoxy) is 2. The first-order valence-electron chi connectivity index (χ1n) is 9.37. The van der Waals surface area contributed by atoms with Crippen molar-refractivity contribution in [2.45, 2.75) is 19.8 Å². The number of hydrogen-bond acceptors (Lipinski definition) is 4. The summed E-state index contributed by atoms with van der Waals surface area (Å²) in [5.74, 6) is 1.57. The Labute approximate surface area is 164 Å². The van der Waals surface area contributed by atoms with Crippen LogP contribution in [0.1, 0.15) is 35.7 Å². The van der Waals surface area contributed by atoms with Crippen molar-refractivity contribution in [1.29, 1.82) is 0 Å². The van der Waals surface area contributed by atoms with Crippen LogP contribution in [-0.2, 0) is 0 Å². The molecule has 1 aliphatic heterocycles. The van der Waals surface area contributed by atoms with Crippen LogP contribution in [0.3, 0.4) is 0 Å². The summed E-state index contributed by atoms with van der Waals surface area (Å²) in [4.78, 5) is 17.0. The van der Waals surface area contributed by atoms with Crippen LogP contribution < -0.4 is 14.8 Å². The van der Waals surface area contributed by atoms with E-state index in [4.69, 9.17) is 9.47 Å². The molecule has 1 aliphatic rings. The van der Waals surface area contributed by atoms with Crippen LogP contribution >= 0.6 is 0 Å². The average Bonchev–Trinajstić information content (AvgIpc) is 2.74. The Bertz CT molecular complexity index is 997. The van der Waals surface area contributed by atoms with Crippen LogP contribution in [0.15, 0.2) is 60.8 Å². The molecule has 5 nitrogen and oxygen atoms in total. The van der Waals surface area contributed by atoms with Gasteiger partial charge in [0.25, 0.3) is 5.91 Å². The van der Waals surface area contributed by atoms with Gasteiger partial charge in [0.05, 0.1) is 11.3 Å². The molecule has 142 valence electrons. The van der Waals surface area contributed by atoms with E-state index in [1.54, 1.807) is 30.5 Å². The van der Waals surface area contributed by atoms with Gasteiger partial charge >= 0.3 is 0 Å². The first kappa shape index (κ1) is 18.0. The molecular formula is C23H22N2O3. The lowest BCUT2D eigenvalue weighted by molar-refractivity contribution is 0.102. The summed E-state index contributed by atoms with van der Waals surface area (Å²) in [6, 6.07) is 17.3. The van der Waals surface area contributed by atoms with E-state index in [1.165, 1.54) is 5.56 Å². The molecule has 0 radical (unpaired) electrons. The highest BCUT2D eigenvalue weighted by Crippen LogP contribution is 2.32. The zero-order valence-corrected chi connectivity index (χ0v) is 15.9. The number of amides is 1. The van der Waals surface area contributed by atoms with Crippen molar-refractivity contribution < 1.29 is 14.3 Å². The maximum Gasteiger partial charge on any atom is 0.257 e. The Kier molecular flexibility index (Phi) is 4.98. The molecule has 3 aromatic rings. The van der Waals surface area contributed by atoms with Gasteiger partial charge in [-0.3, -0.25) is 9.78 Å². The molecule has 0 bridgehead atoms. The summed E-state index contributed by atoms with van der Waals surface area (Å²) in [6.45, 7) is 5.38. The molecule has 5 heteroatoms. The first-order valence-corrected chi connectivity index (χ1v) is 9.37. The Morgan fingerprint density at radius 1 is 1.00 bits per heavy atom. The van der Waals surface area contributed by atoms with Crippen LogP contribution in [0.4, 0.5) is 5.69 Å². The van der Waals surface area contributed by atoms with E-state index < -0.39 is 0 Å². The topological polar surface area (TPSA) is 60.5 Å². The van der Waals surface area contributed by atoms with Gasteiger partial charge in [-0.25, -0.2) is 0 Å². The molecule has 0 unspecified atom stereocenters. The summed E-state index contributed by atoms with van der Waals surface area (Å²) < 4.78 is 11.1. The second kappa shape index (κ2) is 7.72. The molecule has 1 aromatic heterocycles. The second-order valence-corrected chi connectivity index (χ2v) is 7.02. The van der Waals surface area contributed by atoms with E-state index in [0.717, 1.165) is 11.3 Å². The van der Waals surface area contributed by atoms with E-state index >= 15 is 0 Å². The number of benzene rings is 2. The Morgan fingerprint density at radius 3 is 2.57 bits per heavy atom. The lowest BCUT2D eigenvalue weighted by Gasteiger charge is -2.19. The monoisotopic (exact) mass is 374 g/mol. The highest BCUT2D eigenvalue weighted by atomic mass is 16.6. The number of nitrogens with zero attached hydrogens (tertiary/aromatic N) is 1. The number of hydrogen-bond donors (Lipinski definition) is 1.